The topological polar surface area (TPSA) is 88.0 Å². The molecule has 1 heterocycles. The molecule has 0 saturated carbocycles. The molecule has 18 heavy (non-hydrogen) atoms. The van der Waals surface area contributed by atoms with Gasteiger partial charge in [-0.1, -0.05) is 6.07 Å². The number of nitrogens with two attached hydrogens (primary N) is 1. The number of H-pyrrole nitrogens is 1. The number of hydrogen-bond donors (Lipinski definition) is 3. The summed E-state index contributed by atoms with van der Waals surface area (Å²) in [5.41, 5.74) is 8.55. The largest absolute Gasteiger partial charge is 0.397 e. The number of anilines is 2. The van der Waals surface area contributed by atoms with Gasteiger partial charge in [0.05, 0.1) is 17.1 Å². The summed E-state index contributed by atoms with van der Waals surface area (Å²) >= 11 is 0. The summed E-state index contributed by atoms with van der Waals surface area (Å²) in [5.74, 6) is -0.335. The van der Waals surface area contributed by atoms with Gasteiger partial charge in [-0.15, -0.1) is 0 Å². The maximum Gasteiger partial charge on any atom is 0.272 e. The number of nitrogen functional groups attached to an aromatic ring is 1. The Morgan fingerprint density at radius 1 is 1.33 bits per heavy atom. The van der Waals surface area contributed by atoms with Gasteiger partial charge in [0.15, 0.2) is 6.29 Å². The van der Waals surface area contributed by atoms with Gasteiger partial charge in [0.2, 0.25) is 0 Å². The van der Waals surface area contributed by atoms with Crippen molar-refractivity contribution in [3.63, 3.8) is 0 Å². The minimum atomic E-state index is -0.335. The Kier molecular flexibility index (Phi) is 3.14. The number of carbonyl (C=O) groups is 2. The lowest BCUT2D eigenvalue weighted by atomic mass is 10.2. The number of rotatable bonds is 3. The third-order valence-electron chi connectivity index (χ3n) is 2.54. The van der Waals surface area contributed by atoms with E-state index in [1.54, 1.807) is 24.3 Å². The summed E-state index contributed by atoms with van der Waals surface area (Å²) in [4.78, 5) is 25.1. The second kappa shape index (κ2) is 4.75. The standard InChI is InChI=1S/C13H13N3O2/c1-8-2-4-11(10(14)6-8)16-13(18)12-5-3-9(7-17)15-12/h2-7,15H,14H2,1H3,(H,16,18). The summed E-state index contributed by atoms with van der Waals surface area (Å²) in [5, 5.41) is 2.68. The number of hydrogen-bond acceptors (Lipinski definition) is 3. The average molecular weight is 243 g/mol. The average Bonchev–Trinajstić information content (AvgIpc) is 2.81. The molecule has 0 bridgehead atoms. The third-order valence-corrected chi connectivity index (χ3v) is 2.54. The SMILES string of the molecule is Cc1ccc(NC(=O)c2ccc(C=O)[nH]2)c(N)c1. The summed E-state index contributed by atoms with van der Waals surface area (Å²) < 4.78 is 0. The van der Waals surface area contributed by atoms with Gasteiger partial charge in [-0.2, -0.15) is 0 Å². The number of aromatic amines is 1. The van der Waals surface area contributed by atoms with E-state index in [4.69, 9.17) is 5.73 Å². The van der Waals surface area contributed by atoms with Crippen LogP contribution in [0.3, 0.4) is 0 Å². The van der Waals surface area contributed by atoms with Crippen LogP contribution in [0, 0.1) is 6.92 Å². The van der Waals surface area contributed by atoms with Crippen LogP contribution in [-0.2, 0) is 0 Å². The van der Waals surface area contributed by atoms with Crippen LogP contribution in [0.15, 0.2) is 30.3 Å². The second-order valence-corrected chi connectivity index (χ2v) is 3.99. The molecule has 1 aromatic heterocycles. The Bertz CT molecular complexity index is 602. The Morgan fingerprint density at radius 2 is 2.11 bits per heavy atom. The molecule has 0 atom stereocenters. The predicted molar refractivity (Wildman–Crippen MR) is 69.7 cm³/mol. The first-order chi connectivity index (χ1) is 8.60. The molecule has 1 amide bonds. The number of aryl methyl sites for hydroxylation is 1. The molecular weight excluding hydrogens is 230 g/mol. The van der Waals surface area contributed by atoms with Crippen molar-refractivity contribution in [2.75, 3.05) is 11.1 Å². The molecule has 0 unspecified atom stereocenters. The molecule has 0 saturated heterocycles. The lowest BCUT2D eigenvalue weighted by molar-refractivity contribution is 0.102. The molecule has 0 radical (unpaired) electrons. The Hall–Kier alpha value is -2.56. The Morgan fingerprint density at radius 3 is 2.72 bits per heavy atom. The van der Waals surface area contributed by atoms with Crippen molar-refractivity contribution in [2.24, 2.45) is 0 Å². The Balaban J connectivity index is 2.18. The fourth-order valence-electron chi connectivity index (χ4n) is 1.60. The number of amides is 1. The smallest absolute Gasteiger partial charge is 0.272 e. The van der Waals surface area contributed by atoms with Crippen molar-refractivity contribution in [3.8, 4) is 0 Å². The van der Waals surface area contributed by atoms with Crippen LogP contribution in [0.4, 0.5) is 11.4 Å². The van der Waals surface area contributed by atoms with E-state index in [-0.39, 0.29) is 5.91 Å². The maximum atomic E-state index is 11.9. The fraction of sp³-hybridized carbons (Fsp3) is 0.0769. The van der Waals surface area contributed by atoms with Gasteiger partial charge >= 0.3 is 0 Å². The quantitative estimate of drug-likeness (QED) is 0.568. The van der Waals surface area contributed by atoms with E-state index in [0.29, 0.717) is 29.0 Å². The van der Waals surface area contributed by atoms with Crippen LogP contribution in [0.1, 0.15) is 26.5 Å². The van der Waals surface area contributed by atoms with E-state index in [9.17, 15) is 9.59 Å². The molecule has 0 aliphatic carbocycles. The zero-order valence-electron chi connectivity index (χ0n) is 9.86. The van der Waals surface area contributed by atoms with Crippen molar-refractivity contribution in [3.05, 3.63) is 47.3 Å². The minimum absolute atomic E-state index is 0.317. The first-order valence-electron chi connectivity index (χ1n) is 5.42. The second-order valence-electron chi connectivity index (χ2n) is 3.99. The van der Waals surface area contributed by atoms with Crippen molar-refractivity contribution >= 4 is 23.6 Å². The molecule has 2 rings (SSSR count). The van der Waals surface area contributed by atoms with Crippen LogP contribution >= 0.6 is 0 Å². The Labute approximate surface area is 104 Å². The van der Waals surface area contributed by atoms with E-state index in [2.05, 4.69) is 10.3 Å². The van der Waals surface area contributed by atoms with Crippen LogP contribution in [-0.4, -0.2) is 17.2 Å². The normalized spacial score (nSPS) is 10.1. The summed E-state index contributed by atoms with van der Waals surface area (Å²) in [7, 11) is 0. The molecule has 1 aromatic carbocycles. The van der Waals surface area contributed by atoms with Crippen LogP contribution in [0.2, 0.25) is 0 Å². The number of carbonyl (C=O) groups excluding carboxylic acids is 2. The highest BCUT2D eigenvalue weighted by Crippen LogP contribution is 2.20. The minimum Gasteiger partial charge on any atom is -0.397 e. The molecule has 0 aliphatic heterocycles. The van der Waals surface area contributed by atoms with Crippen molar-refractivity contribution in [2.45, 2.75) is 6.92 Å². The van der Waals surface area contributed by atoms with Gasteiger partial charge in [-0.25, -0.2) is 0 Å². The van der Waals surface area contributed by atoms with Gasteiger partial charge in [0.1, 0.15) is 5.69 Å². The van der Waals surface area contributed by atoms with Gasteiger partial charge in [-0.3, -0.25) is 9.59 Å². The number of aldehydes is 1. The zero-order valence-corrected chi connectivity index (χ0v) is 9.86. The van der Waals surface area contributed by atoms with Crippen LogP contribution in [0.25, 0.3) is 0 Å². The van der Waals surface area contributed by atoms with Gasteiger partial charge in [-0.05, 0) is 36.8 Å². The van der Waals surface area contributed by atoms with Crippen molar-refractivity contribution < 1.29 is 9.59 Å². The first-order valence-corrected chi connectivity index (χ1v) is 5.42. The molecule has 0 fully saturated rings. The molecule has 92 valence electrons. The van der Waals surface area contributed by atoms with E-state index >= 15 is 0 Å². The molecule has 5 heteroatoms. The van der Waals surface area contributed by atoms with Gasteiger partial charge in [0.25, 0.3) is 5.91 Å². The monoisotopic (exact) mass is 243 g/mol. The van der Waals surface area contributed by atoms with E-state index in [1.807, 2.05) is 13.0 Å². The lowest BCUT2D eigenvalue weighted by Gasteiger charge is -2.07. The highest BCUT2D eigenvalue weighted by Gasteiger charge is 2.10. The highest BCUT2D eigenvalue weighted by atomic mass is 16.2. The number of nitrogens with one attached hydrogen (secondary N) is 2. The zero-order chi connectivity index (χ0) is 13.1. The van der Waals surface area contributed by atoms with Crippen LogP contribution in [0.5, 0.6) is 0 Å². The molecule has 5 nitrogen and oxygen atoms in total. The molecular formula is C13H13N3O2. The molecule has 2 aromatic rings. The summed E-state index contributed by atoms with van der Waals surface area (Å²) in [6.45, 7) is 1.92. The first kappa shape index (κ1) is 11.9. The highest BCUT2D eigenvalue weighted by molar-refractivity contribution is 6.05. The summed E-state index contributed by atoms with van der Waals surface area (Å²) in [6, 6.07) is 8.47. The lowest BCUT2D eigenvalue weighted by Crippen LogP contribution is -2.13. The van der Waals surface area contributed by atoms with Gasteiger partial charge < -0.3 is 16.0 Å². The molecule has 0 aliphatic rings. The maximum absolute atomic E-state index is 11.9. The van der Waals surface area contributed by atoms with E-state index in [0.717, 1.165) is 5.56 Å². The van der Waals surface area contributed by atoms with Crippen molar-refractivity contribution in [1.82, 2.24) is 4.98 Å². The van der Waals surface area contributed by atoms with Crippen LogP contribution < -0.4 is 11.1 Å². The number of aromatic nitrogens is 1. The number of benzene rings is 1. The third kappa shape index (κ3) is 2.40. The summed E-state index contributed by atoms with van der Waals surface area (Å²) in [6.07, 6.45) is 0.650. The molecule has 4 N–H and O–H groups in total. The van der Waals surface area contributed by atoms with Gasteiger partial charge in [0, 0.05) is 0 Å². The van der Waals surface area contributed by atoms with E-state index in [1.165, 1.54) is 0 Å². The van der Waals surface area contributed by atoms with Crippen molar-refractivity contribution in [1.29, 1.82) is 0 Å². The molecule has 0 spiro atoms. The van der Waals surface area contributed by atoms with E-state index < -0.39 is 0 Å². The fourth-order valence-corrected chi connectivity index (χ4v) is 1.60. The predicted octanol–water partition coefficient (Wildman–Crippen LogP) is 1.97.